The highest BCUT2D eigenvalue weighted by atomic mass is 16.6. The van der Waals surface area contributed by atoms with E-state index in [1.54, 1.807) is 20.8 Å². The maximum atomic E-state index is 12.0. The van der Waals surface area contributed by atoms with Gasteiger partial charge in [0.2, 0.25) is 0 Å². The number of hydrogen-bond donors (Lipinski definition) is 1. The number of hydrogen-bond acceptors (Lipinski definition) is 5. The van der Waals surface area contributed by atoms with Crippen LogP contribution in [0.15, 0.2) is 18.2 Å². The molecule has 6 nitrogen and oxygen atoms in total. The molecular formula is C15H20N2O4. The topological polar surface area (TPSA) is 81.5 Å². The number of ether oxygens (including phenoxy) is 1. The van der Waals surface area contributed by atoms with Crippen LogP contribution in [0, 0.1) is 10.1 Å². The fourth-order valence-corrected chi connectivity index (χ4v) is 2.05. The molecule has 1 aromatic rings. The van der Waals surface area contributed by atoms with E-state index in [-0.39, 0.29) is 11.7 Å². The average molecular weight is 292 g/mol. The zero-order valence-electron chi connectivity index (χ0n) is 12.5. The van der Waals surface area contributed by atoms with Gasteiger partial charge in [-0.05, 0) is 52.2 Å². The Morgan fingerprint density at radius 3 is 2.52 bits per heavy atom. The van der Waals surface area contributed by atoms with Gasteiger partial charge in [0.25, 0.3) is 5.69 Å². The van der Waals surface area contributed by atoms with Crippen LogP contribution < -0.4 is 5.32 Å². The minimum absolute atomic E-state index is 0.0193. The van der Waals surface area contributed by atoms with Crippen LogP contribution in [0.3, 0.4) is 0 Å². The fourth-order valence-electron chi connectivity index (χ4n) is 2.05. The molecule has 1 saturated carbocycles. The van der Waals surface area contributed by atoms with Gasteiger partial charge in [-0.25, -0.2) is 4.79 Å². The van der Waals surface area contributed by atoms with Crippen LogP contribution in [-0.2, 0) is 4.74 Å². The Hall–Kier alpha value is -2.11. The quantitative estimate of drug-likeness (QED) is 0.521. The first-order valence-electron chi connectivity index (χ1n) is 7.04. The summed E-state index contributed by atoms with van der Waals surface area (Å²) < 4.78 is 5.29. The fraction of sp³-hybridized carbons (Fsp3) is 0.533. The van der Waals surface area contributed by atoms with E-state index in [0.29, 0.717) is 11.3 Å². The molecule has 0 aromatic heterocycles. The maximum Gasteiger partial charge on any atom is 0.338 e. The molecule has 1 fully saturated rings. The first kappa shape index (κ1) is 15.3. The largest absolute Gasteiger partial charge is 0.456 e. The van der Waals surface area contributed by atoms with E-state index < -0.39 is 16.5 Å². The minimum atomic E-state index is -0.597. The van der Waals surface area contributed by atoms with Gasteiger partial charge in [-0.3, -0.25) is 10.1 Å². The normalized spacial score (nSPS) is 15.2. The lowest BCUT2D eigenvalue weighted by Crippen LogP contribution is -2.28. The van der Waals surface area contributed by atoms with Gasteiger partial charge in [-0.15, -0.1) is 0 Å². The van der Waals surface area contributed by atoms with Gasteiger partial charge in [-0.2, -0.15) is 0 Å². The molecule has 0 heterocycles. The van der Waals surface area contributed by atoms with Crippen LogP contribution in [0.25, 0.3) is 0 Å². The summed E-state index contributed by atoms with van der Waals surface area (Å²) in [6.45, 7) is 5.34. The van der Waals surface area contributed by atoms with Crippen molar-refractivity contribution in [3.8, 4) is 0 Å². The second kappa shape index (κ2) is 5.71. The Morgan fingerprint density at radius 2 is 2.05 bits per heavy atom. The summed E-state index contributed by atoms with van der Waals surface area (Å²) in [7, 11) is 0. The Morgan fingerprint density at radius 1 is 1.38 bits per heavy atom. The highest BCUT2D eigenvalue weighted by Gasteiger charge is 2.24. The number of benzene rings is 1. The number of nitro groups is 1. The van der Waals surface area contributed by atoms with Crippen LogP contribution in [0.4, 0.5) is 11.4 Å². The lowest BCUT2D eigenvalue weighted by Gasteiger charge is -2.27. The van der Waals surface area contributed by atoms with Crippen LogP contribution in [0.1, 0.15) is 50.4 Å². The summed E-state index contributed by atoms with van der Waals surface area (Å²) in [6.07, 6.45) is 3.11. The second-order valence-electron chi connectivity index (χ2n) is 6.26. The van der Waals surface area contributed by atoms with Gasteiger partial charge in [0.05, 0.1) is 10.5 Å². The van der Waals surface area contributed by atoms with Crippen LogP contribution >= 0.6 is 0 Å². The van der Waals surface area contributed by atoms with Crippen molar-refractivity contribution < 1.29 is 14.5 Å². The highest BCUT2D eigenvalue weighted by molar-refractivity contribution is 5.92. The summed E-state index contributed by atoms with van der Waals surface area (Å²) in [4.78, 5) is 22.7. The van der Waals surface area contributed by atoms with E-state index in [9.17, 15) is 14.9 Å². The van der Waals surface area contributed by atoms with Crippen molar-refractivity contribution in [1.82, 2.24) is 0 Å². The molecule has 0 unspecified atom stereocenters. The van der Waals surface area contributed by atoms with Gasteiger partial charge < -0.3 is 10.1 Å². The molecule has 1 aromatic carbocycles. The number of nitrogens with zero attached hydrogens (tertiary/aromatic N) is 1. The number of carbonyl (C=O) groups excluding carboxylic acids is 1. The highest BCUT2D eigenvalue weighted by Crippen LogP contribution is 2.31. The summed E-state index contributed by atoms with van der Waals surface area (Å²) >= 11 is 0. The van der Waals surface area contributed by atoms with E-state index in [1.807, 2.05) is 0 Å². The van der Waals surface area contributed by atoms with E-state index in [4.69, 9.17) is 4.74 Å². The van der Waals surface area contributed by atoms with Crippen molar-refractivity contribution >= 4 is 17.3 Å². The number of carbonyl (C=O) groups is 1. The van der Waals surface area contributed by atoms with E-state index in [2.05, 4.69) is 5.32 Å². The molecule has 1 aliphatic rings. The molecule has 0 spiro atoms. The Balaban J connectivity index is 2.25. The van der Waals surface area contributed by atoms with Crippen molar-refractivity contribution in [3.63, 3.8) is 0 Å². The van der Waals surface area contributed by atoms with Crippen molar-refractivity contribution in [1.29, 1.82) is 0 Å². The molecule has 0 radical (unpaired) electrons. The third kappa shape index (κ3) is 3.93. The van der Waals surface area contributed by atoms with Crippen LogP contribution in [-0.4, -0.2) is 22.5 Å². The molecule has 0 aliphatic heterocycles. The monoisotopic (exact) mass is 292 g/mol. The smallest absolute Gasteiger partial charge is 0.338 e. The molecule has 6 heteroatoms. The molecule has 2 rings (SSSR count). The SMILES string of the molecule is CC(C)(C)OC(=O)c1ccc([N+](=O)[O-])c(NC2CCC2)c1. The molecule has 1 N–H and O–H groups in total. The lowest BCUT2D eigenvalue weighted by molar-refractivity contribution is -0.384. The van der Waals surface area contributed by atoms with Gasteiger partial charge >= 0.3 is 5.97 Å². The summed E-state index contributed by atoms with van der Waals surface area (Å²) in [5.41, 5.74) is 0.0834. The number of nitrogens with one attached hydrogen (secondary N) is 1. The Bertz CT molecular complexity index is 559. The van der Waals surface area contributed by atoms with E-state index >= 15 is 0 Å². The minimum Gasteiger partial charge on any atom is -0.456 e. The molecule has 0 saturated heterocycles. The van der Waals surface area contributed by atoms with Crippen molar-refractivity contribution in [2.24, 2.45) is 0 Å². The van der Waals surface area contributed by atoms with Crippen molar-refractivity contribution in [2.75, 3.05) is 5.32 Å². The molecule has 0 amide bonds. The van der Waals surface area contributed by atoms with Crippen LogP contribution in [0.5, 0.6) is 0 Å². The first-order chi connectivity index (χ1) is 9.76. The predicted octanol–water partition coefficient (Wildman–Crippen LogP) is 3.51. The van der Waals surface area contributed by atoms with Gasteiger partial charge in [0, 0.05) is 12.1 Å². The summed E-state index contributed by atoms with van der Waals surface area (Å²) in [5, 5.41) is 14.2. The molecule has 21 heavy (non-hydrogen) atoms. The summed E-state index contributed by atoms with van der Waals surface area (Å²) in [5.74, 6) is -0.478. The third-order valence-corrected chi connectivity index (χ3v) is 3.29. The number of nitro benzene ring substituents is 1. The standard InChI is InChI=1S/C15H20N2O4/c1-15(2,3)21-14(18)10-7-8-13(17(19)20)12(9-10)16-11-5-4-6-11/h7-9,11,16H,4-6H2,1-3H3. The van der Waals surface area contributed by atoms with Crippen LogP contribution in [0.2, 0.25) is 0 Å². The summed E-state index contributed by atoms with van der Waals surface area (Å²) in [6, 6.07) is 4.53. The average Bonchev–Trinajstić information content (AvgIpc) is 2.31. The zero-order chi connectivity index (χ0) is 15.6. The number of rotatable bonds is 4. The molecular weight excluding hydrogens is 272 g/mol. The van der Waals surface area contributed by atoms with Crippen molar-refractivity contribution in [2.45, 2.75) is 51.7 Å². The van der Waals surface area contributed by atoms with E-state index in [1.165, 1.54) is 18.2 Å². The zero-order valence-corrected chi connectivity index (χ0v) is 12.5. The molecule has 0 bridgehead atoms. The number of esters is 1. The van der Waals surface area contributed by atoms with E-state index in [0.717, 1.165) is 19.3 Å². The van der Waals surface area contributed by atoms with Gasteiger partial charge in [0.15, 0.2) is 0 Å². The first-order valence-corrected chi connectivity index (χ1v) is 7.04. The van der Waals surface area contributed by atoms with Gasteiger partial charge in [0.1, 0.15) is 11.3 Å². The van der Waals surface area contributed by atoms with Crippen molar-refractivity contribution in [3.05, 3.63) is 33.9 Å². The predicted molar refractivity (Wildman–Crippen MR) is 79.5 cm³/mol. The second-order valence-corrected chi connectivity index (χ2v) is 6.26. The third-order valence-electron chi connectivity index (χ3n) is 3.29. The van der Waals surface area contributed by atoms with Gasteiger partial charge in [-0.1, -0.05) is 0 Å². The maximum absolute atomic E-state index is 12.0. The molecule has 114 valence electrons. The Labute approximate surface area is 123 Å². The number of anilines is 1. The molecule has 1 aliphatic carbocycles. The molecule has 0 atom stereocenters. The Kier molecular flexibility index (Phi) is 4.16. The lowest BCUT2D eigenvalue weighted by atomic mass is 9.93.